The van der Waals surface area contributed by atoms with Gasteiger partial charge in [-0.2, -0.15) is 0 Å². The molecule has 0 unspecified atom stereocenters. The Morgan fingerprint density at radius 2 is 2.18 bits per heavy atom. The van der Waals surface area contributed by atoms with Gasteiger partial charge >= 0.3 is 5.97 Å². The summed E-state index contributed by atoms with van der Waals surface area (Å²) in [6, 6.07) is -0.241. The highest BCUT2D eigenvalue weighted by atomic mass is 16.4. The molecule has 1 amide bonds. The van der Waals surface area contributed by atoms with E-state index in [0.717, 1.165) is 18.4 Å². The molecule has 3 N–H and O–H groups in total. The molecule has 1 aliphatic carbocycles. The van der Waals surface area contributed by atoms with Crippen molar-refractivity contribution >= 4 is 11.9 Å². The minimum atomic E-state index is -0.821. The molecule has 0 saturated heterocycles. The van der Waals surface area contributed by atoms with Crippen LogP contribution in [0.15, 0.2) is 12.4 Å². The number of carboxylic acids is 1. The van der Waals surface area contributed by atoms with Crippen LogP contribution >= 0.6 is 0 Å². The van der Waals surface area contributed by atoms with Crippen LogP contribution in [-0.4, -0.2) is 28.0 Å². The summed E-state index contributed by atoms with van der Waals surface area (Å²) in [6.45, 7) is 1.84. The molecule has 0 aromatic carbocycles. The number of aryl methyl sites for hydroxylation is 1. The molecule has 5 heteroatoms. The molecular formula is C12H16N2O3. The molecule has 1 aliphatic rings. The number of hydrogen-bond acceptors (Lipinski definition) is 2. The predicted octanol–water partition coefficient (Wildman–Crippen LogP) is 1.31. The van der Waals surface area contributed by atoms with Crippen molar-refractivity contribution < 1.29 is 14.7 Å². The number of hydrogen-bond donors (Lipinski definition) is 3. The molecule has 0 radical (unpaired) electrons. The van der Waals surface area contributed by atoms with Crippen molar-refractivity contribution in [3.05, 3.63) is 23.5 Å². The number of nitrogens with one attached hydrogen (secondary N) is 2. The summed E-state index contributed by atoms with van der Waals surface area (Å²) in [7, 11) is 0. The van der Waals surface area contributed by atoms with Crippen molar-refractivity contribution in [3.8, 4) is 0 Å². The maximum atomic E-state index is 11.9. The van der Waals surface area contributed by atoms with E-state index < -0.39 is 11.9 Å². The SMILES string of the molecule is Cc1c[nH]cc1C(=O)N[C@@H]1CCC[C@@H]1C(=O)O. The van der Waals surface area contributed by atoms with Gasteiger partial charge in [-0.05, 0) is 25.3 Å². The number of aliphatic carboxylic acids is 1. The first-order valence-corrected chi connectivity index (χ1v) is 5.76. The lowest BCUT2D eigenvalue weighted by Crippen LogP contribution is -2.40. The van der Waals surface area contributed by atoms with Gasteiger partial charge in [0.25, 0.3) is 5.91 Å². The molecule has 0 spiro atoms. The summed E-state index contributed by atoms with van der Waals surface area (Å²) in [5.41, 5.74) is 1.45. The van der Waals surface area contributed by atoms with Gasteiger partial charge in [0, 0.05) is 18.4 Å². The van der Waals surface area contributed by atoms with Crippen molar-refractivity contribution in [2.75, 3.05) is 0 Å². The molecule has 0 aliphatic heterocycles. The van der Waals surface area contributed by atoms with Gasteiger partial charge in [-0.3, -0.25) is 9.59 Å². The van der Waals surface area contributed by atoms with E-state index in [1.165, 1.54) is 0 Å². The number of H-pyrrole nitrogens is 1. The van der Waals surface area contributed by atoms with E-state index in [4.69, 9.17) is 5.11 Å². The summed E-state index contributed by atoms with van der Waals surface area (Å²) < 4.78 is 0. The number of rotatable bonds is 3. The quantitative estimate of drug-likeness (QED) is 0.740. The maximum Gasteiger partial charge on any atom is 0.308 e. The topological polar surface area (TPSA) is 82.2 Å². The fourth-order valence-corrected chi connectivity index (χ4v) is 2.36. The smallest absolute Gasteiger partial charge is 0.308 e. The molecule has 1 fully saturated rings. The zero-order valence-corrected chi connectivity index (χ0v) is 9.69. The number of carboxylic acid groups (broad SMARTS) is 1. The Hall–Kier alpha value is -1.78. The molecule has 1 heterocycles. The van der Waals surface area contributed by atoms with Gasteiger partial charge in [0.1, 0.15) is 0 Å². The van der Waals surface area contributed by atoms with Crippen LogP contribution in [0.4, 0.5) is 0 Å². The van der Waals surface area contributed by atoms with E-state index in [9.17, 15) is 9.59 Å². The van der Waals surface area contributed by atoms with Gasteiger partial charge in [0.2, 0.25) is 0 Å². The van der Waals surface area contributed by atoms with E-state index >= 15 is 0 Å². The second-order valence-electron chi connectivity index (χ2n) is 4.51. The lowest BCUT2D eigenvalue weighted by Gasteiger charge is -2.17. The second-order valence-corrected chi connectivity index (χ2v) is 4.51. The second kappa shape index (κ2) is 4.61. The Morgan fingerprint density at radius 1 is 1.41 bits per heavy atom. The van der Waals surface area contributed by atoms with Gasteiger partial charge in [-0.25, -0.2) is 0 Å². The number of aromatic amines is 1. The highest BCUT2D eigenvalue weighted by Crippen LogP contribution is 2.26. The average molecular weight is 236 g/mol. The Bertz CT molecular complexity index is 439. The monoisotopic (exact) mass is 236 g/mol. The lowest BCUT2D eigenvalue weighted by atomic mass is 10.0. The van der Waals surface area contributed by atoms with E-state index in [1.807, 2.05) is 6.92 Å². The minimum Gasteiger partial charge on any atom is -0.481 e. The first kappa shape index (κ1) is 11.7. The Labute approximate surface area is 99.2 Å². The molecule has 17 heavy (non-hydrogen) atoms. The third-order valence-electron chi connectivity index (χ3n) is 3.35. The Morgan fingerprint density at radius 3 is 2.76 bits per heavy atom. The zero-order valence-electron chi connectivity index (χ0n) is 9.69. The maximum absolute atomic E-state index is 11.9. The van der Waals surface area contributed by atoms with Gasteiger partial charge in [0.15, 0.2) is 0 Å². The summed E-state index contributed by atoms with van der Waals surface area (Å²) in [5, 5.41) is 11.8. The number of carbonyl (C=O) groups is 2. The minimum absolute atomic E-state index is 0.193. The molecule has 1 aromatic heterocycles. The zero-order chi connectivity index (χ0) is 12.4. The summed E-state index contributed by atoms with van der Waals surface area (Å²) >= 11 is 0. The van der Waals surface area contributed by atoms with Gasteiger partial charge in [-0.1, -0.05) is 6.42 Å². The highest BCUT2D eigenvalue weighted by molar-refractivity contribution is 5.95. The fourth-order valence-electron chi connectivity index (χ4n) is 2.36. The Balaban J connectivity index is 2.04. The third kappa shape index (κ3) is 2.33. The average Bonchev–Trinajstić information content (AvgIpc) is 2.86. The van der Waals surface area contributed by atoms with Crippen LogP contribution < -0.4 is 5.32 Å². The van der Waals surface area contributed by atoms with E-state index in [2.05, 4.69) is 10.3 Å². The predicted molar refractivity (Wildman–Crippen MR) is 61.8 cm³/mol. The highest BCUT2D eigenvalue weighted by Gasteiger charge is 2.34. The molecule has 1 aromatic rings. The fraction of sp³-hybridized carbons (Fsp3) is 0.500. The van der Waals surface area contributed by atoms with Crippen molar-refractivity contribution in [2.24, 2.45) is 5.92 Å². The van der Waals surface area contributed by atoms with E-state index in [1.54, 1.807) is 12.4 Å². The molecule has 92 valence electrons. The van der Waals surface area contributed by atoms with Crippen LogP contribution in [0.5, 0.6) is 0 Å². The summed E-state index contributed by atoms with van der Waals surface area (Å²) in [6.07, 6.45) is 5.63. The van der Waals surface area contributed by atoms with E-state index in [-0.39, 0.29) is 11.9 Å². The number of aromatic nitrogens is 1. The normalized spacial score (nSPS) is 23.6. The molecule has 5 nitrogen and oxygen atoms in total. The van der Waals surface area contributed by atoms with E-state index in [0.29, 0.717) is 12.0 Å². The molecule has 0 bridgehead atoms. The van der Waals surface area contributed by atoms with Gasteiger partial charge < -0.3 is 15.4 Å². The van der Waals surface area contributed by atoms with Crippen LogP contribution in [-0.2, 0) is 4.79 Å². The van der Waals surface area contributed by atoms with Crippen LogP contribution in [0.3, 0.4) is 0 Å². The van der Waals surface area contributed by atoms with Crippen molar-refractivity contribution in [2.45, 2.75) is 32.2 Å². The number of carbonyl (C=O) groups excluding carboxylic acids is 1. The van der Waals surface area contributed by atoms with Crippen molar-refractivity contribution in [1.82, 2.24) is 10.3 Å². The first-order valence-electron chi connectivity index (χ1n) is 5.76. The summed E-state index contributed by atoms with van der Waals surface area (Å²) in [4.78, 5) is 25.8. The lowest BCUT2D eigenvalue weighted by molar-refractivity contribution is -0.142. The molecule has 2 atom stereocenters. The van der Waals surface area contributed by atoms with Crippen LogP contribution in [0.25, 0.3) is 0 Å². The molecule has 1 saturated carbocycles. The standard InChI is InChI=1S/C12H16N2O3/c1-7-5-13-6-9(7)11(15)14-10-4-2-3-8(10)12(16)17/h5-6,8,10,13H,2-4H2,1H3,(H,14,15)(H,16,17)/t8-,10+/m0/s1. The van der Waals surface area contributed by atoms with Crippen LogP contribution in [0.1, 0.15) is 35.2 Å². The Kier molecular flexibility index (Phi) is 3.17. The van der Waals surface area contributed by atoms with Crippen molar-refractivity contribution in [1.29, 1.82) is 0 Å². The van der Waals surface area contributed by atoms with Crippen LogP contribution in [0.2, 0.25) is 0 Å². The third-order valence-corrected chi connectivity index (χ3v) is 3.35. The first-order chi connectivity index (χ1) is 8.09. The van der Waals surface area contributed by atoms with Crippen molar-refractivity contribution in [3.63, 3.8) is 0 Å². The number of amides is 1. The largest absolute Gasteiger partial charge is 0.481 e. The van der Waals surface area contributed by atoms with Gasteiger partial charge in [0.05, 0.1) is 11.5 Å². The van der Waals surface area contributed by atoms with Gasteiger partial charge in [-0.15, -0.1) is 0 Å². The molecular weight excluding hydrogens is 220 g/mol. The van der Waals surface area contributed by atoms with Crippen LogP contribution in [0, 0.1) is 12.8 Å². The summed E-state index contributed by atoms with van der Waals surface area (Å²) in [5.74, 6) is -1.46. The molecule has 2 rings (SSSR count).